The molecule has 4 nitrogen and oxygen atoms in total. The van der Waals surface area contributed by atoms with Crippen LogP contribution in [-0.4, -0.2) is 9.97 Å². The first kappa shape index (κ1) is 14.8. The van der Waals surface area contributed by atoms with Gasteiger partial charge >= 0.3 is 0 Å². The number of halogens is 1. The van der Waals surface area contributed by atoms with Gasteiger partial charge in [-0.15, -0.1) is 0 Å². The lowest BCUT2D eigenvalue weighted by molar-refractivity contribution is 0.454. The quantitative estimate of drug-likeness (QED) is 0.917. The zero-order valence-electron chi connectivity index (χ0n) is 12.1. The number of benzene rings is 1. The summed E-state index contributed by atoms with van der Waals surface area (Å²) in [6, 6.07) is 3.95. The summed E-state index contributed by atoms with van der Waals surface area (Å²) in [4.78, 5) is 8.63. The van der Waals surface area contributed by atoms with Crippen molar-refractivity contribution in [2.75, 3.05) is 5.73 Å². The fourth-order valence-corrected chi connectivity index (χ4v) is 2.12. The van der Waals surface area contributed by atoms with Crippen LogP contribution in [-0.2, 0) is 6.42 Å². The largest absolute Gasteiger partial charge is 0.439 e. The SMILES string of the molecule is CCc1nc(N)c(C)c(Oc2cc(C)c(Br)c(C)c2)n1. The van der Waals surface area contributed by atoms with Crippen LogP contribution in [0.5, 0.6) is 11.6 Å². The lowest BCUT2D eigenvalue weighted by Gasteiger charge is -2.12. The second-order valence-electron chi connectivity index (χ2n) is 4.78. The van der Waals surface area contributed by atoms with E-state index >= 15 is 0 Å². The Morgan fingerprint density at radius 3 is 2.30 bits per heavy atom. The summed E-state index contributed by atoms with van der Waals surface area (Å²) in [5, 5.41) is 0. The average molecular weight is 336 g/mol. The molecule has 106 valence electrons. The maximum Gasteiger partial charge on any atom is 0.227 e. The Kier molecular flexibility index (Phi) is 4.28. The minimum absolute atomic E-state index is 0.470. The van der Waals surface area contributed by atoms with Crippen molar-refractivity contribution in [1.82, 2.24) is 9.97 Å². The van der Waals surface area contributed by atoms with Gasteiger partial charge in [0.05, 0.1) is 5.56 Å². The van der Waals surface area contributed by atoms with Gasteiger partial charge in [-0.25, -0.2) is 4.98 Å². The second-order valence-corrected chi connectivity index (χ2v) is 5.57. The maximum atomic E-state index is 5.90. The zero-order chi connectivity index (χ0) is 14.9. The molecule has 0 unspecified atom stereocenters. The third-order valence-corrected chi connectivity index (χ3v) is 4.38. The Morgan fingerprint density at radius 2 is 1.75 bits per heavy atom. The number of nitrogens with two attached hydrogens (primary N) is 1. The first-order valence-electron chi connectivity index (χ1n) is 6.50. The molecule has 0 spiro atoms. The molecule has 20 heavy (non-hydrogen) atoms. The molecular weight excluding hydrogens is 318 g/mol. The Morgan fingerprint density at radius 1 is 1.15 bits per heavy atom. The van der Waals surface area contributed by atoms with Gasteiger partial charge in [-0.2, -0.15) is 4.98 Å². The van der Waals surface area contributed by atoms with E-state index in [1.807, 2.05) is 39.8 Å². The van der Waals surface area contributed by atoms with Crippen molar-refractivity contribution in [2.24, 2.45) is 0 Å². The smallest absolute Gasteiger partial charge is 0.227 e. The van der Waals surface area contributed by atoms with Crippen LogP contribution < -0.4 is 10.5 Å². The van der Waals surface area contributed by atoms with Crippen LogP contribution >= 0.6 is 15.9 Å². The summed E-state index contributed by atoms with van der Waals surface area (Å²) in [6.07, 6.45) is 0.721. The molecule has 0 radical (unpaired) electrons. The van der Waals surface area contributed by atoms with E-state index in [4.69, 9.17) is 10.5 Å². The van der Waals surface area contributed by atoms with E-state index in [0.29, 0.717) is 17.5 Å². The van der Waals surface area contributed by atoms with Crippen LogP contribution in [0.15, 0.2) is 16.6 Å². The van der Waals surface area contributed by atoms with E-state index in [1.54, 1.807) is 0 Å². The minimum Gasteiger partial charge on any atom is -0.439 e. The van der Waals surface area contributed by atoms with Gasteiger partial charge in [0.15, 0.2) is 0 Å². The molecule has 1 aromatic heterocycles. The van der Waals surface area contributed by atoms with Crippen molar-refractivity contribution in [3.63, 3.8) is 0 Å². The van der Waals surface area contributed by atoms with Crippen LogP contribution in [0.1, 0.15) is 29.4 Å². The van der Waals surface area contributed by atoms with Crippen molar-refractivity contribution < 1.29 is 4.74 Å². The average Bonchev–Trinajstić information content (AvgIpc) is 2.40. The van der Waals surface area contributed by atoms with Gasteiger partial charge in [-0.3, -0.25) is 0 Å². The number of nitrogens with zero attached hydrogens (tertiary/aromatic N) is 2. The number of anilines is 1. The number of hydrogen-bond donors (Lipinski definition) is 1. The molecule has 0 aliphatic carbocycles. The van der Waals surface area contributed by atoms with E-state index in [2.05, 4.69) is 25.9 Å². The molecule has 0 atom stereocenters. The van der Waals surface area contributed by atoms with Gasteiger partial charge in [-0.1, -0.05) is 22.9 Å². The van der Waals surface area contributed by atoms with E-state index in [1.165, 1.54) is 0 Å². The van der Waals surface area contributed by atoms with Crippen molar-refractivity contribution in [1.29, 1.82) is 0 Å². The summed E-state index contributed by atoms with van der Waals surface area (Å²) in [6.45, 7) is 7.91. The predicted molar refractivity (Wildman–Crippen MR) is 84.2 cm³/mol. The first-order chi connectivity index (χ1) is 9.42. The summed E-state index contributed by atoms with van der Waals surface area (Å²) in [5.41, 5.74) is 8.90. The summed E-state index contributed by atoms with van der Waals surface area (Å²) in [7, 11) is 0. The Bertz CT molecular complexity index is 633. The molecular formula is C15H18BrN3O. The Hall–Kier alpha value is -1.62. The predicted octanol–water partition coefficient (Wildman–Crippen LogP) is 4.10. The van der Waals surface area contributed by atoms with Gasteiger partial charge in [0.2, 0.25) is 5.88 Å². The molecule has 0 amide bonds. The van der Waals surface area contributed by atoms with Gasteiger partial charge in [0.1, 0.15) is 17.4 Å². The number of nitrogen functional groups attached to an aromatic ring is 1. The Balaban J connectivity index is 2.42. The fourth-order valence-electron chi connectivity index (χ4n) is 1.89. The molecule has 0 aliphatic heterocycles. The Labute approximate surface area is 127 Å². The number of hydrogen-bond acceptors (Lipinski definition) is 4. The second kappa shape index (κ2) is 5.79. The molecule has 0 saturated heterocycles. The van der Waals surface area contributed by atoms with Crippen LogP contribution in [0.25, 0.3) is 0 Å². The third-order valence-electron chi connectivity index (χ3n) is 3.13. The van der Waals surface area contributed by atoms with Crippen LogP contribution in [0.4, 0.5) is 5.82 Å². The van der Waals surface area contributed by atoms with Gasteiger partial charge in [0.25, 0.3) is 0 Å². The molecule has 0 fully saturated rings. The van der Waals surface area contributed by atoms with E-state index in [0.717, 1.165) is 33.3 Å². The highest BCUT2D eigenvalue weighted by Crippen LogP contribution is 2.31. The molecule has 5 heteroatoms. The van der Waals surface area contributed by atoms with Crippen LogP contribution in [0.3, 0.4) is 0 Å². The molecule has 1 heterocycles. The van der Waals surface area contributed by atoms with Gasteiger partial charge < -0.3 is 10.5 Å². The van der Waals surface area contributed by atoms with Crippen molar-refractivity contribution in [2.45, 2.75) is 34.1 Å². The standard InChI is InChI=1S/C15H18BrN3O/c1-5-12-18-14(17)10(4)15(19-12)20-11-6-8(2)13(16)9(3)7-11/h6-7H,5H2,1-4H3,(H2,17,18,19). The van der Waals surface area contributed by atoms with Crippen molar-refractivity contribution in [3.8, 4) is 11.6 Å². The summed E-state index contributed by atoms with van der Waals surface area (Å²) in [5.74, 6) is 2.44. The normalized spacial score (nSPS) is 10.7. The van der Waals surface area contributed by atoms with E-state index < -0.39 is 0 Å². The highest BCUT2D eigenvalue weighted by atomic mass is 79.9. The van der Waals surface area contributed by atoms with E-state index in [9.17, 15) is 0 Å². The highest BCUT2D eigenvalue weighted by molar-refractivity contribution is 9.10. The molecule has 2 N–H and O–H groups in total. The summed E-state index contributed by atoms with van der Waals surface area (Å²) >= 11 is 3.55. The number of rotatable bonds is 3. The topological polar surface area (TPSA) is 61.0 Å². The molecule has 0 bridgehead atoms. The molecule has 0 aliphatic rings. The van der Waals surface area contributed by atoms with Crippen molar-refractivity contribution >= 4 is 21.7 Å². The van der Waals surface area contributed by atoms with Gasteiger partial charge in [0, 0.05) is 10.9 Å². The minimum atomic E-state index is 0.470. The molecule has 2 rings (SSSR count). The summed E-state index contributed by atoms with van der Waals surface area (Å²) < 4.78 is 6.99. The lowest BCUT2D eigenvalue weighted by atomic mass is 10.1. The van der Waals surface area contributed by atoms with E-state index in [-0.39, 0.29) is 0 Å². The number of ether oxygens (including phenoxy) is 1. The highest BCUT2D eigenvalue weighted by Gasteiger charge is 2.11. The zero-order valence-corrected chi connectivity index (χ0v) is 13.7. The molecule has 1 aromatic carbocycles. The lowest BCUT2D eigenvalue weighted by Crippen LogP contribution is -2.04. The van der Waals surface area contributed by atoms with Gasteiger partial charge in [-0.05, 0) is 44.0 Å². The molecule has 0 saturated carbocycles. The fraction of sp³-hybridized carbons (Fsp3) is 0.333. The maximum absolute atomic E-state index is 5.90. The number of aryl methyl sites for hydroxylation is 3. The first-order valence-corrected chi connectivity index (χ1v) is 7.29. The molecule has 2 aromatic rings. The third kappa shape index (κ3) is 2.93. The number of aromatic nitrogens is 2. The van der Waals surface area contributed by atoms with Crippen LogP contribution in [0, 0.1) is 20.8 Å². The van der Waals surface area contributed by atoms with Crippen LogP contribution in [0.2, 0.25) is 0 Å². The van der Waals surface area contributed by atoms with Crippen molar-refractivity contribution in [3.05, 3.63) is 39.1 Å². The monoisotopic (exact) mass is 335 g/mol.